The monoisotopic (exact) mass is 658 g/mol. The molecule has 0 spiro atoms. The molecule has 0 bridgehead atoms. The molecule has 1 atom stereocenters. The summed E-state index contributed by atoms with van der Waals surface area (Å²) in [5.74, 6) is 6.28. The molecule has 0 aliphatic heterocycles. The van der Waals surface area contributed by atoms with Crippen molar-refractivity contribution in [1.29, 1.82) is 0 Å². The van der Waals surface area contributed by atoms with Crippen molar-refractivity contribution in [1.82, 2.24) is 0 Å². The molecule has 3 aromatic rings. The van der Waals surface area contributed by atoms with Gasteiger partial charge in [0.2, 0.25) is 0 Å². The molecule has 0 saturated heterocycles. The van der Waals surface area contributed by atoms with E-state index in [0.717, 1.165) is 37.8 Å². The van der Waals surface area contributed by atoms with Gasteiger partial charge in [0.05, 0.1) is 5.71 Å². The van der Waals surface area contributed by atoms with Gasteiger partial charge in [-0.1, -0.05) is 134 Å². The Morgan fingerprint density at radius 1 is 0.796 bits per heavy atom. The summed E-state index contributed by atoms with van der Waals surface area (Å²) in [4.78, 5) is 3.91. The van der Waals surface area contributed by atoms with Crippen LogP contribution in [-0.2, 0) is 0 Å². The highest BCUT2D eigenvalue weighted by molar-refractivity contribution is 8.36. The molecule has 246 valence electrons. The summed E-state index contributed by atoms with van der Waals surface area (Å²) >= 11 is 0. The lowest BCUT2D eigenvalue weighted by molar-refractivity contribution is 0.760. The Hall–Kier alpha value is -5.12. The van der Waals surface area contributed by atoms with Gasteiger partial charge in [0.1, 0.15) is 0 Å². The molecule has 1 unspecified atom stereocenters. The molecule has 0 amide bonds. The summed E-state index contributed by atoms with van der Waals surface area (Å²) in [6, 6.07) is 31.2. The Morgan fingerprint density at radius 3 is 2.06 bits per heavy atom. The third-order valence-electron chi connectivity index (χ3n) is 9.31. The maximum Gasteiger partial charge on any atom is 0.0861 e. The summed E-state index contributed by atoms with van der Waals surface area (Å²) in [5, 5.41) is 6.72. The number of benzene rings is 3. The molecule has 0 fully saturated rings. The molecule has 49 heavy (non-hydrogen) atoms. The number of hydrogen-bond acceptors (Lipinski definition) is 2. The summed E-state index contributed by atoms with van der Waals surface area (Å²) in [6.45, 7) is 6.11. The largest absolute Gasteiger partial charge is 0.323 e. The second-order valence-corrected chi connectivity index (χ2v) is 15.6. The van der Waals surface area contributed by atoms with Crippen molar-refractivity contribution >= 4 is 21.3 Å². The zero-order valence-electron chi connectivity index (χ0n) is 28.4. The van der Waals surface area contributed by atoms with E-state index in [9.17, 15) is 0 Å². The van der Waals surface area contributed by atoms with Gasteiger partial charge in [0.15, 0.2) is 0 Å². The van der Waals surface area contributed by atoms with E-state index in [0.29, 0.717) is 0 Å². The van der Waals surface area contributed by atoms with Crippen molar-refractivity contribution < 1.29 is 0 Å². The van der Waals surface area contributed by atoms with E-state index in [1.165, 1.54) is 48.1 Å². The maximum absolute atomic E-state index is 6.07. The zero-order valence-corrected chi connectivity index (χ0v) is 29.2. The van der Waals surface area contributed by atoms with Crippen LogP contribution in [0.4, 0.5) is 0 Å². The molecule has 2 N–H and O–H groups in total. The highest BCUT2D eigenvalue weighted by Crippen LogP contribution is 2.69. The van der Waals surface area contributed by atoms with E-state index in [4.69, 9.17) is 5.84 Å². The average molecular weight is 659 g/mol. The zero-order chi connectivity index (χ0) is 33.9. The number of hydrazone groups is 1. The molecule has 0 radical (unpaired) electrons. The molecule has 3 heteroatoms. The Kier molecular flexibility index (Phi) is 11.2. The van der Waals surface area contributed by atoms with Gasteiger partial charge in [-0.3, -0.25) is 0 Å². The minimum absolute atomic E-state index is 0.210. The van der Waals surface area contributed by atoms with Crippen molar-refractivity contribution in [3.8, 4) is 0 Å². The van der Waals surface area contributed by atoms with E-state index in [2.05, 4.69) is 176 Å². The average Bonchev–Trinajstić information content (AvgIpc) is 3.17. The van der Waals surface area contributed by atoms with Gasteiger partial charge in [-0.2, -0.15) is 5.10 Å². The lowest BCUT2D eigenvalue weighted by atomic mass is 9.78. The third kappa shape index (κ3) is 7.80. The number of rotatable bonds is 11. The van der Waals surface area contributed by atoms with Crippen LogP contribution in [0, 0.1) is 5.92 Å². The number of nitrogens with zero attached hydrogens (tertiary/aromatic N) is 1. The fourth-order valence-corrected chi connectivity index (χ4v) is 10.4. The Balaban J connectivity index is 1.44. The van der Waals surface area contributed by atoms with Crippen molar-refractivity contribution in [3.05, 3.63) is 204 Å². The highest BCUT2D eigenvalue weighted by atomic mass is 32.3. The molecule has 3 aliphatic carbocycles. The first-order chi connectivity index (χ1) is 24.1. The van der Waals surface area contributed by atoms with E-state index in [1.54, 1.807) is 0 Å². The first-order valence-electron chi connectivity index (χ1n) is 17.2. The standard InChI is InChI=1S/C46H46N2S/c1-3-4-5-18-30-49(42-25-14-8-15-26-42,43-27-16-9-17-28-43)44-29-19-24-39(34-44)40-31-36(2)32-41(33-40)45(37-20-10-6-11-21-37)35-46(48-47)38-22-12-7-13-23-38/h3-10,12,14-20,22,24-32,34-35,41H,1,11,13,21,23,33,47H2,2H3/b5-4-,30-18-,45-35+,48-46+. The summed E-state index contributed by atoms with van der Waals surface area (Å²) < 4.78 is 0. The van der Waals surface area contributed by atoms with Gasteiger partial charge in [-0.25, -0.2) is 0 Å². The minimum atomic E-state index is -1.74. The predicted octanol–water partition coefficient (Wildman–Crippen LogP) is 12.4. The molecular formula is C46H46N2S. The summed E-state index contributed by atoms with van der Waals surface area (Å²) in [5.41, 5.74) is 8.66. The van der Waals surface area contributed by atoms with Crippen LogP contribution < -0.4 is 5.84 Å². The SMILES string of the molecule is C=C/C=C\C=C/S(c1ccccc1)(c1ccccc1)c1cccc(C2=CC(C)=CC(/C(=C/C(=N\N)C3=CC=CCC3)C3=CC=CCC3)C2)c1. The topological polar surface area (TPSA) is 38.4 Å². The van der Waals surface area contributed by atoms with Crippen molar-refractivity contribution in [2.24, 2.45) is 16.9 Å². The van der Waals surface area contributed by atoms with Crippen LogP contribution in [0.2, 0.25) is 0 Å². The van der Waals surface area contributed by atoms with E-state index in [-0.39, 0.29) is 5.92 Å². The van der Waals surface area contributed by atoms with Crippen LogP contribution >= 0.6 is 10.0 Å². The number of allylic oxidation sites excluding steroid dienone is 18. The fourth-order valence-electron chi connectivity index (χ4n) is 6.97. The van der Waals surface area contributed by atoms with Crippen molar-refractivity contribution in [3.63, 3.8) is 0 Å². The first-order valence-corrected chi connectivity index (χ1v) is 18.9. The van der Waals surface area contributed by atoms with Crippen LogP contribution in [0.15, 0.2) is 218 Å². The predicted molar refractivity (Wildman–Crippen MR) is 213 cm³/mol. The van der Waals surface area contributed by atoms with Gasteiger partial charge in [-0.15, -0.1) is 10.0 Å². The molecule has 6 rings (SSSR count). The van der Waals surface area contributed by atoms with Gasteiger partial charge in [0.25, 0.3) is 0 Å². The molecule has 2 nitrogen and oxygen atoms in total. The van der Waals surface area contributed by atoms with Crippen LogP contribution in [0.5, 0.6) is 0 Å². The molecule has 0 heterocycles. The van der Waals surface area contributed by atoms with Gasteiger partial charge in [-0.05, 0) is 115 Å². The smallest absolute Gasteiger partial charge is 0.0861 e. The second kappa shape index (κ2) is 16.3. The van der Waals surface area contributed by atoms with Gasteiger partial charge < -0.3 is 5.84 Å². The minimum Gasteiger partial charge on any atom is -0.323 e. The Morgan fingerprint density at radius 2 is 1.45 bits per heavy atom. The summed E-state index contributed by atoms with van der Waals surface area (Å²) in [7, 11) is -1.74. The Labute approximate surface area is 294 Å². The molecule has 3 aliphatic rings. The van der Waals surface area contributed by atoms with Crippen molar-refractivity contribution in [2.75, 3.05) is 0 Å². The van der Waals surface area contributed by atoms with Gasteiger partial charge >= 0.3 is 0 Å². The van der Waals surface area contributed by atoms with Crippen molar-refractivity contribution in [2.45, 2.75) is 53.7 Å². The molecule has 0 aromatic heterocycles. The molecular weight excluding hydrogens is 613 g/mol. The molecule has 0 saturated carbocycles. The van der Waals surface area contributed by atoms with E-state index in [1.807, 2.05) is 12.2 Å². The fraction of sp³-hybridized carbons (Fsp3) is 0.152. The maximum atomic E-state index is 6.07. The summed E-state index contributed by atoms with van der Waals surface area (Å²) in [6.07, 6.45) is 33.3. The number of hydrogen-bond donors (Lipinski definition) is 1. The lowest BCUT2D eigenvalue weighted by Crippen LogP contribution is -2.14. The normalized spacial score (nSPS) is 19.0. The first kappa shape index (κ1) is 33.8. The molecule has 3 aromatic carbocycles. The van der Waals surface area contributed by atoms with Crippen LogP contribution in [0.1, 0.15) is 44.6 Å². The quantitative estimate of drug-likeness (QED) is 0.0947. The Bertz CT molecular complexity index is 1920. The van der Waals surface area contributed by atoms with Crippen LogP contribution in [-0.4, -0.2) is 5.71 Å². The van der Waals surface area contributed by atoms with Crippen LogP contribution in [0.3, 0.4) is 0 Å². The van der Waals surface area contributed by atoms with E-state index >= 15 is 0 Å². The lowest BCUT2D eigenvalue weighted by Gasteiger charge is -2.39. The highest BCUT2D eigenvalue weighted by Gasteiger charge is 2.30. The van der Waals surface area contributed by atoms with E-state index < -0.39 is 10.0 Å². The van der Waals surface area contributed by atoms with Gasteiger partial charge in [0, 0.05) is 20.6 Å². The second-order valence-electron chi connectivity index (χ2n) is 12.6. The third-order valence-corrected chi connectivity index (χ3v) is 12.9. The number of nitrogens with two attached hydrogens (primary N) is 1. The van der Waals surface area contributed by atoms with Crippen LogP contribution in [0.25, 0.3) is 5.57 Å².